The van der Waals surface area contributed by atoms with Crippen LogP contribution in [0.15, 0.2) is 79.4 Å². The second-order valence-electron chi connectivity index (χ2n) is 11.8. The first kappa shape index (κ1) is 33.3. The lowest BCUT2D eigenvalue weighted by atomic mass is 9.77. The number of aromatic nitrogens is 3. The minimum Gasteiger partial charge on any atom is -0.508 e. The molecular weight excluding hydrogens is 607 g/mol. The SMILES string of the molecule is O=C(O)C(CCCc1ccc(C2C(CCC(O)c3ccc(F)cc3)C(=O)N2c2ccc(CCCn3cncn3)cc2)c(O)c1)C(=O)O. The van der Waals surface area contributed by atoms with Gasteiger partial charge in [0.15, 0.2) is 5.92 Å². The topological polar surface area (TPSA) is 166 Å². The van der Waals surface area contributed by atoms with Crippen LogP contribution in [0, 0.1) is 17.7 Å². The molecule has 0 bridgehead atoms. The third kappa shape index (κ3) is 8.01. The van der Waals surface area contributed by atoms with Crippen LogP contribution >= 0.6 is 0 Å². The second kappa shape index (κ2) is 15.0. The van der Waals surface area contributed by atoms with E-state index in [9.17, 15) is 29.0 Å². The normalized spacial score (nSPS) is 16.7. The van der Waals surface area contributed by atoms with Crippen LogP contribution in [-0.2, 0) is 33.8 Å². The van der Waals surface area contributed by atoms with Crippen molar-refractivity contribution in [2.75, 3.05) is 4.90 Å². The number of rotatable bonds is 16. The van der Waals surface area contributed by atoms with Gasteiger partial charge in [-0.25, -0.2) is 9.37 Å². The van der Waals surface area contributed by atoms with Gasteiger partial charge in [0.1, 0.15) is 24.2 Å². The Hall–Kier alpha value is -5.10. The number of carboxylic acids is 2. The van der Waals surface area contributed by atoms with Gasteiger partial charge in [-0.3, -0.25) is 19.1 Å². The number of phenols is 1. The third-order valence-electron chi connectivity index (χ3n) is 8.72. The van der Waals surface area contributed by atoms with Gasteiger partial charge in [-0.2, -0.15) is 5.10 Å². The van der Waals surface area contributed by atoms with Crippen molar-refractivity contribution in [2.24, 2.45) is 11.8 Å². The van der Waals surface area contributed by atoms with Crippen LogP contribution in [0.25, 0.3) is 0 Å². The van der Waals surface area contributed by atoms with Crippen LogP contribution in [0.5, 0.6) is 5.75 Å². The number of aryl methyl sites for hydroxylation is 3. The van der Waals surface area contributed by atoms with Crippen molar-refractivity contribution >= 4 is 23.5 Å². The maximum absolute atomic E-state index is 13.6. The molecule has 1 aromatic heterocycles. The Kier molecular flexibility index (Phi) is 10.6. The number of anilines is 1. The summed E-state index contributed by atoms with van der Waals surface area (Å²) in [7, 11) is 0. The molecule has 3 unspecified atom stereocenters. The first-order chi connectivity index (χ1) is 22.6. The minimum absolute atomic E-state index is 0.0353. The lowest BCUT2D eigenvalue weighted by Gasteiger charge is -2.48. The smallest absolute Gasteiger partial charge is 0.317 e. The molecule has 0 aliphatic carbocycles. The van der Waals surface area contributed by atoms with Gasteiger partial charge in [0.05, 0.1) is 18.1 Å². The molecule has 12 heteroatoms. The monoisotopic (exact) mass is 644 g/mol. The van der Waals surface area contributed by atoms with Crippen molar-refractivity contribution in [1.82, 2.24) is 14.8 Å². The number of carboxylic acid groups (broad SMARTS) is 2. The molecule has 4 N–H and O–H groups in total. The summed E-state index contributed by atoms with van der Waals surface area (Å²) < 4.78 is 15.2. The standard InChI is InChI=1S/C35H37FN4O7/c36-25-11-9-24(10-12-25)30(41)17-16-28-32(27-15-8-23(19-31(27)42)3-1-5-29(34(44)45)35(46)47)40(33(28)43)26-13-6-22(7-14-26)4-2-18-39-21-37-20-38-39/h6-15,19-21,28-30,32,41-42H,1-5,16-18H2,(H,44,45)(H,46,47). The summed E-state index contributed by atoms with van der Waals surface area (Å²) in [5, 5.41) is 44.3. The maximum atomic E-state index is 13.6. The first-order valence-corrected chi connectivity index (χ1v) is 15.6. The molecule has 11 nitrogen and oxygen atoms in total. The van der Waals surface area contributed by atoms with E-state index in [-0.39, 0.29) is 24.5 Å². The number of aliphatic hydroxyl groups excluding tert-OH is 1. The van der Waals surface area contributed by atoms with Gasteiger partial charge in [0.25, 0.3) is 0 Å². The number of carbonyl (C=O) groups is 3. The zero-order chi connectivity index (χ0) is 33.5. The van der Waals surface area contributed by atoms with E-state index in [1.165, 1.54) is 30.6 Å². The predicted molar refractivity (Wildman–Crippen MR) is 169 cm³/mol. The van der Waals surface area contributed by atoms with Crippen molar-refractivity contribution in [3.8, 4) is 5.75 Å². The molecule has 1 amide bonds. The molecule has 1 fully saturated rings. The summed E-state index contributed by atoms with van der Waals surface area (Å²) in [6, 6.07) is 17.9. The van der Waals surface area contributed by atoms with E-state index in [1.54, 1.807) is 34.1 Å². The molecular formula is C35H37FN4O7. The number of benzene rings is 3. The van der Waals surface area contributed by atoms with E-state index in [4.69, 9.17) is 10.2 Å². The van der Waals surface area contributed by atoms with E-state index >= 15 is 0 Å². The highest BCUT2D eigenvalue weighted by Crippen LogP contribution is 2.48. The molecule has 0 radical (unpaired) electrons. The number of aliphatic hydroxyl groups is 1. The quantitative estimate of drug-likeness (QED) is 0.0961. The van der Waals surface area contributed by atoms with Crippen molar-refractivity contribution in [1.29, 1.82) is 0 Å². The summed E-state index contributed by atoms with van der Waals surface area (Å²) in [4.78, 5) is 41.6. The van der Waals surface area contributed by atoms with Crippen LogP contribution in [0.2, 0.25) is 0 Å². The average molecular weight is 645 g/mol. The number of nitrogens with zero attached hydrogens (tertiary/aromatic N) is 4. The molecule has 3 aromatic carbocycles. The van der Waals surface area contributed by atoms with Crippen LogP contribution < -0.4 is 4.90 Å². The summed E-state index contributed by atoms with van der Waals surface area (Å²) in [6.07, 6.45) is 5.13. The molecule has 1 saturated heterocycles. The van der Waals surface area contributed by atoms with Gasteiger partial charge in [0.2, 0.25) is 5.91 Å². The van der Waals surface area contributed by atoms with Gasteiger partial charge in [-0.15, -0.1) is 0 Å². The first-order valence-electron chi connectivity index (χ1n) is 15.6. The molecule has 0 saturated carbocycles. The Bertz CT molecular complexity index is 1670. The van der Waals surface area contributed by atoms with Crippen LogP contribution in [0.4, 0.5) is 10.1 Å². The van der Waals surface area contributed by atoms with Crippen molar-refractivity contribution in [2.45, 2.75) is 63.6 Å². The minimum atomic E-state index is -1.50. The van der Waals surface area contributed by atoms with Gasteiger partial charge in [-0.1, -0.05) is 36.4 Å². The largest absolute Gasteiger partial charge is 0.508 e. The number of hydrogen-bond donors (Lipinski definition) is 4. The van der Waals surface area contributed by atoms with Crippen LogP contribution in [0.3, 0.4) is 0 Å². The number of amides is 1. The molecule has 2 heterocycles. The number of aliphatic carboxylic acids is 2. The van der Waals surface area contributed by atoms with E-state index in [2.05, 4.69) is 10.1 Å². The highest BCUT2D eigenvalue weighted by atomic mass is 19.1. The third-order valence-corrected chi connectivity index (χ3v) is 8.72. The van der Waals surface area contributed by atoms with Crippen LogP contribution in [-0.4, -0.2) is 53.0 Å². The number of carbonyl (C=O) groups excluding carboxylic acids is 1. The number of phenolic OH excluding ortho intramolecular Hbond substituents is 1. The Morgan fingerprint density at radius 1 is 0.894 bits per heavy atom. The Morgan fingerprint density at radius 2 is 1.57 bits per heavy atom. The molecule has 246 valence electrons. The molecule has 3 atom stereocenters. The van der Waals surface area contributed by atoms with Gasteiger partial charge < -0.3 is 25.3 Å². The summed E-state index contributed by atoms with van der Waals surface area (Å²) in [6.45, 7) is 0.731. The van der Waals surface area contributed by atoms with E-state index in [0.29, 0.717) is 41.6 Å². The lowest BCUT2D eigenvalue weighted by Crippen LogP contribution is -2.55. The molecule has 5 rings (SSSR count). The predicted octanol–water partition coefficient (Wildman–Crippen LogP) is 5.08. The van der Waals surface area contributed by atoms with Crippen molar-refractivity contribution in [3.63, 3.8) is 0 Å². The number of aromatic hydroxyl groups is 1. The fourth-order valence-corrected chi connectivity index (χ4v) is 6.14. The number of β-lactam (4-membered cyclic amide) rings is 1. The zero-order valence-corrected chi connectivity index (χ0v) is 25.7. The zero-order valence-electron chi connectivity index (χ0n) is 25.7. The summed E-state index contributed by atoms with van der Waals surface area (Å²) in [5.41, 5.74) is 3.55. The van der Waals surface area contributed by atoms with E-state index in [1.807, 2.05) is 24.3 Å². The van der Waals surface area contributed by atoms with E-state index in [0.717, 1.165) is 24.9 Å². The lowest BCUT2D eigenvalue weighted by molar-refractivity contribution is -0.154. The molecule has 1 aliphatic heterocycles. The second-order valence-corrected chi connectivity index (χ2v) is 11.8. The van der Waals surface area contributed by atoms with Crippen LogP contribution in [0.1, 0.15) is 66.5 Å². The average Bonchev–Trinajstić information content (AvgIpc) is 3.56. The molecule has 0 spiro atoms. The highest BCUT2D eigenvalue weighted by molar-refractivity contribution is 6.03. The van der Waals surface area contributed by atoms with Crippen molar-refractivity contribution < 1.29 is 39.2 Å². The Labute approximate surface area is 270 Å². The number of hydrogen-bond acceptors (Lipinski definition) is 7. The van der Waals surface area contributed by atoms with Crippen molar-refractivity contribution in [3.05, 3.63) is 107 Å². The summed E-state index contributed by atoms with van der Waals surface area (Å²) in [5.74, 6) is -5.39. The highest BCUT2D eigenvalue weighted by Gasteiger charge is 2.49. The fraction of sp³-hybridized carbons (Fsp3) is 0.343. The molecule has 47 heavy (non-hydrogen) atoms. The molecule has 4 aromatic rings. The number of halogens is 1. The van der Waals surface area contributed by atoms with Gasteiger partial charge in [0, 0.05) is 17.8 Å². The molecule has 1 aliphatic rings. The van der Waals surface area contributed by atoms with E-state index < -0.39 is 41.7 Å². The van der Waals surface area contributed by atoms with Gasteiger partial charge in [-0.05, 0) is 92.0 Å². The summed E-state index contributed by atoms with van der Waals surface area (Å²) >= 11 is 0. The Balaban J connectivity index is 1.31. The Morgan fingerprint density at radius 3 is 2.21 bits per heavy atom. The maximum Gasteiger partial charge on any atom is 0.317 e. The van der Waals surface area contributed by atoms with Gasteiger partial charge >= 0.3 is 11.9 Å². The fourth-order valence-electron chi connectivity index (χ4n) is 6.14.